The van der Waals surface area contributed by atoms with Gasteiger partial charge in [0.25, 0.3) is 0 Å². The van der Waals surface area contributed by atoms with Crippen LogP contribution in [0.1, 0.15) is 57.8 Å². The largest absolute Gasteiger partial charge is 0.481 e. The zero-order valence-corrected chi connectivity index (χ0v) is 11.8. The van der Waals surface area contributed by atoms with Crippen molar-refractivity contribution in [1.82, 2.24) is 4.90 Å². The molecular formula is C15H23NO4. The number of hydrogen-bond donors (Lipinski definition) is 1. The quantitative estimate of drug-likeness (QED) is 0.845. The van der Waals surface area contributed by atoms with Crippen LogP contribution < -0.4 is 0 Å². The van der Waals surface area contributed by atoms with Crippen LogP contribution in [0.5, 0.6) is 0 Å². The number of hydrogen-bond acceptors (Lipinski definition) is 3. The van der Waals surface area contributed by atoms with E-state index in [1.807, 2.05) is 4.90 Å². The first kappa shape index (κ1) is 13.7. The van der Waals surface area contributed by atoms with Gasteiger partial charge in [0.15, 0.2) is 0 Å². The smallest absolute Gasteiger partial charge is 0.410 e. The van der Waals surface area contributed by atoms with Crippen LogP contribution in [0, 0.1) is 5.92 Å². The van der Waals surface area contributed by atoms with Crippen LogP contribution in [0.2, 0.25) is 0 Å². The third kappa shape index (κ3) is 2.50. The van der Waals surface area contributed by atoms with E-state index in [9.17, 15) is 9.59 Å². The fourth-order valence-corrected chi connectivity index (χ4v) is 3.97. The Hall–Kier alpha value is -1.26. The van der Waals surface area contributed by atoms with Crippen molar-refractivity contribution in [3.05, 3.63) is 0 Å². The molecule has 0 atom stereocenters. The zero-order valence-electron chi connectivity index (χ0n) is 11.8. The third-order valence-corrected chi connectivity index (χ3v) is 5.26. The van der Waals surface area contributed by atoms with E-state index in [1.165, 1.54) is 19.3 Å². The second kappa shape index (κ2) is 5.26. The first-order chi connectivity index (χ1) is 9.60. The van der Waals surface area contributed by atoms with Gasteiger partial charge in [0.05, 0.1) is 12.5 Å². The molecular weight excluding hydrogens is 258 g/mol. The molecule has 0 bridgehead atoms. The van der Waals surface area contributed by atoms with Gasteiger partial charge in [-0.3, -0.25) is 4.79 Å². The molecule has 0 radical (unpaired) electrons. The number of carboxylic acids is 1. The number of ether oxygens (including phenoxy) is 1. The molecule has 3 aliphatic rings. The highest BCUT2D eigenvalue weighted by Crippen LogP contribution is 2.41. The van der Waals surface area contributed by atoms with Gasteiger partial charge in [0.1, 0.15) is 5.60 Å². The van der Waals surface area contributed by atoms with Crippen molar-refractivity contribution in [2.24, 2.45) is 5.92 Å². The molecule has 0 aromatic rings. The normalized spacial score (nSPS) is 35.3. The number of aliphatic carboxylic acids is 1. The maximum atomic E-state index is 12.1. The van der Waals surface area contributed by atoms with Crippen molar-refractivity contribution in [2.45, 2.75) is 69.4 Å². The van der Waals surface area contributed by atoms with Crippen LogP contribution in [-0.2, 0) is 9.53 Å². The van der Waals surface area contributed by atoms with Gasteiger partial charge in [0.2, 0.25) is 0 Å². The predicted octanol–water partition coefficient (Wildman–Crippen LogP) is 2.78. The molecule has 2 aliphatic carbocycles. The Labute approximate surface area is 119 Å². The van der Waals surface area contributed by atoms with Crippen molar-refractivity contribution in [3.63, 3.8) is 0 Å². The second-order valence-corrected chi connectivity index (χ2v) is 6.58. The Kier molecular flexibility index (Phi) is 3.61. The van der Waals surface area contributed by atoms with Gasteiger partial charge in [-0.1, -0.05) is 19.3 Å². The summed E-state index contributed by atoms with van der Waals surface area (Å²) in [5, 5.41) is 9.06. The van der Waals surface area contributed by atoms with Gasteiger partial charge < -0.3 is 14.7 Å². The van der Waals surface area contributed by atoms with Crippen molar-refractivity contribution < 1.29 is 19.4 Å². The van der Waals surface area contributed by atoms with Crippen LogP contribution in [0.3, 0.4) is 0 Å². The van der Waals surface area contributed by atoms with E-state index < -0.39 is 11.6 Å². The van der Waals surface area contributed by atoms with Crippen molar-refractivity contribution in [1.29, 1.82) is 0 Å². The molecule has 2 saturated carbocycles. The lowest BCUT2D eigenvalue weighted by Gasteiger charge is -2.34. The highest BCUT2D eigenvalue weighted by molar-refractivity contribution is 5.72. The van der Waals surface area contributed by atoms with Crippen LogP contribution in [0.4, 0.5) is 4.79 Å². The minimum Gasteiger partial charge on any atom is -0.481 e. The fraction of sp³-hybridized carbons (Fsp3) is 0.867. The highest BCUT2D eigenvalue weighted by atomic mass is 16.6. The number of carbonyl (C=O) groups is 2. The summed E-state index contributed by atoms with van der Waals surface area (Å²) in [7, 11) is 0. The molecule has 112 valence electrons. The number of rotatable bonds is 2. The Morgan fingerprint density at radius 2 is 1.80 bits per heavy atom. The van der Waals surface area contributed by atoms with Gasteiger partial charge >= 0.3 is 12.1 Å². The van der Waals surface area contributed by atoms with Crippen LogP contribution in [-0.4, -0.2) is 40.3 Å². The Balaban J connectivity index is 1.63. The average Bonchev–Trinajstić information content (AvgIpc) is 2.77. The Bertz CT molecular complexity index is 395. The van der Waals surface area contributed by atoms with Gasteiger partial charge in [-0.25, -0.2) is 4.79 Å². The van der Waals surface area contributed by atoms with E-state index in [1.54, 1.807) is 0 Å². The third-order valence-electron chi connectivity index (χ3n) is 5.26. The number of amides is 1. The van der Waals surface area contributed by atoms with Crippen LogP contribution in [0.25, 0.3) is 0 Å². The maximum Gasteiger partial charge on any atom is 0.410 e. The molecule has 3 fully saturated rings. The molecule has 1 saturated heterocycles. The monoisotopic (exact) mass is 281 g/mol. The molecule has 1 heterocycles. The molecule has 1 spiro atoms. The lowest BCUT2D eigenvalue weighted by atomic mass is 9.78. The predicted molar refractivity (Wildman–Crippen MR) is 72.4 cm³/mol. The summed E-state index contributed by atoms with van der Waals surface area (Å²) in [5.41, 5.74) is -0.402. The van der Waals surface area contributed by atoms with E-state index >= 15 is 0 Å². The summed E-state index contributed by atoms with van der Waals surface area (Å²) in [6.07, 6.45) is 8.30. The fourth-order valence-electron chi connectivity index (χ4n) is 3.97. The van der Waals surface area contributed by atoms with E-state index in [0.717, 1.165) is 12.8 Å². The molecule has 1 amide bonds. The molecule has 20 heavy (non-hydrogen) atoms. The summed E-state index contributed by atoms with van der Waals surface area (Å²) in [5.74, 6) is -0.976. The maximum absolute atomic E-state index is 12.1. The first-order valence-electron chi connectivity index (χ1n) is 7.82. The molecule has 1 N–H and O–H groups in total. The summed E-state index contributed by atoms with van der Waals surface area (Å²) in [6.45, 7) is 0.669. The minimum atomic E-state index is -0.715. The second-order valence-electron chi connectivity index (χ2n) is 6.58. The molecule has 0 aromatic carbocycles. The molecule has 5 heteroatoms. The van der Waals surface area contributed by atoms with Crippen LogP contribution >= 0.6 is 0 Å². The summed E-state index contributed by atoms with van der Waals surface area (Å²) in [4.78, 5) is 25.1. The Morgan fingerprint density at radius 3 is 2.40 bits per heavy atom. The van der Waals surface area contributed by atoms with E-state index in [0.29, 0.717) is 38.3 Å². The lowest BCUT2D eigenvalue weighted by molar-refractivity contribution is -0.144. The van der Waals surface area contributed by atoms with Gasteiger partial charge in [-0.15, -0.1) is 0 Å². The number of carbonyl (C=O) groups excluding carboxylic acids is 1. The van der Waals surface area contributed by atoms with Crippen molar-refractivity contribution in [2.75, 3.05) is 6.54 Å². The molecule has 1 aliphatic heterocycles. The SMILES string of the molecule is O=C(O)C1CCC2(CC1)CN(C1CCCCC1)C(=O)O2. The van der Waals surface area contributed by atoms with Gasteiger partial charge in [-0.2, -0.15) is 0 Å². The summed E-state index contributed by atoms with van der Waals surface area (Å²) >= 11 is 0. The average molecular weight is 281 g/mol. The lowest BCUT2D eigenvalue weighted by Crippen LogP contribution is -2.42. The van der Waals surface area contributed by atoms with Gasteiger partial charge in [0, 0.05) is 6.04 Å². The Morgan fingerprint density at radius 1 is 1.15 bits per heavy atom. The van der Waals surface area contributed by atoms with Crippen molar-refractivity contribution in [3.8, 4) is 0 Å². The summed E-state index contributed by atoms with van der Waals surface area (Å²) < 4.78 is 5.68. The van der Waals surface area contributed by atoms with Crippen LogP contribution in [0.15, 0.2) is 0 Å². The standard InChI is InChI=1S/C15H23NO4/c17-13(18)11-6-8-15(9-7-11)10-16(14(19)20-15)12-4-2-1-3-5-12/h11-12H,1-10H2,(H,17,18). The van der Waals surface area contributed by atoms with Gasteiger partial charge in [-0.05, 0) is 38.5 Å². The molecule has 0 unspecified atom stereocenters. The number of carboxylic acid groups (broad SMARTS) is 1. The van der Waals surface area contributed by atoms with E-state index in [2.05, 4.69) is 0 Å². The summed E-state index contributed by atoms with van der Waals surface area (Å²) in [6, 6.07) is 0.341. The van der Waals surface area contributed by atoms with Crippen molar-refractivity contribution >= 4 is 12.1 Å². The van der Waals surface area contributed by atoms with E-state index in [4.69, 9.17) is 9.84 Å². The minimum absolute atomic E-state index is 0.175. The van der Waals surface area contributed by atoms with E-state index in [-0.39, 0.29) is 12.0 Å². The molecule has 3 rings (SSSR count). The molecule has 0 aromatic heterocycles. The molecule has 5 nitrogen and oxygen atoms in total. The first-order valence-corrected chi connectivity index (χ1v) is 7.82. The number of nitrogens with zero attached hydrogens (tertiary/aromatic N) is 1. The zero-order chi connectivity index (χ0) is 14.2. The topological polar surface area (TPSA) is 66.8 Å². The highest BCUT2D eigenvalue weighted by Gasteiger charge is 2.49.